The minimum atomic E-state index is 0.00959. The molecule has 0 spiro atoms. The van der Waals surface area contributed by atoms with Crippen molar-refractivity contribution < 1.29 is 4.74 Å². The number of benzene rings is 2. The molecule has 0 heterocycles. The second-order valence-electron chi connectivity index (χ2n) is 5.76. The van der Waals surface area contributed by atoms with Crippen LogP contribution in [0, 0.1) is 0 Å². The Balaban J connectivity index is 2.19. The molecule has 0 amide bonds. The van der Waals surface area contributed by atoms with Crippen LogP contribution < -0.4 is 5.73 Å². The predicted octanol–water partition coefficient (Wildman–Crippen LogP) is 3.20. The van der Waals surface area contributed by atoms with Crippen molar-refractivity contribution in [3.63, 3.8) is 0 Å². The molecule has 2 aromatic carbocycles. The zero-order valence-electron chi connectivity index (χ0n) is 13.3. The number of fused-ring (bicyclic) bond motifs is 1. The molecule has 0 saturated carbocycles. The number of hydrogen-bond donors (Lipinski definition) is 1. The van der Waals surface area contributed by atoms with E-state index in [-0.39, 0.29) is 6.04 Å². The summed E-state index contributed by atoms with van der Waals surface area (Å²) in [5.41, 5.74) is 7.71. The molecule has 0 aliphatic heterocycles. The van der Waals surface area contributed by atoms with Crippen LogP contribution in [0.25, 0.3) is 10.8 Å². The first-order valence-corrected chi connectivity index (χ1v) is 7.59. The van der Waals surface area contributed by atoms with E-state index >= 15 is 0 Å². The van der Waals surface area contributed by atoms with Gasteiger partial charge in [0.1, 0.15) is 0 Å². The molecule has 0 radical (unpaired) electrons. The highest BCUT2D eigenvalue weighted by molar-refractivity contribution is 5.86. The summed E-state index contributed by atoms with van der Waals surface area (Å²) in [6, 6.07) is 15.3. The predicted molar refractivity (Wildman–Crippen MR) is 89.5 cm³/mol. The average Bonchev–Trinajstić information content (AvgIpc) is 2.50. The summed E-state index contributed by atoms with van der Waals surface area (Å²) in [6.45, 7) is 6.89. The first kappa shape index (κ1) is 16.0. The average molecular weight is 286 g/mol. The lowest BCUT2D eigenvalue weighted by Gasteiger charge is -2.29. The minimum Gasteiger partial charge on any atom is -0.383 e. The van der Waals surface area contributed by atoms with Gasteiger partial charge in [-0.2, -0.15) is 0 Å². The fraction of sp³-hybridized carbons (Fsp3) is 0.444. The first-order chi connectivity index (χ1) is 10.1. The molecule has 3 heteroatoms. The lowest BCUT2D eigenvalue weighted by Crippen LogP contribution is -2.39. The maximum Gasteiger partial charge on any atom is 0.0589 e. The van der Waals surface area contributed by atoms with Crippen LogP contribution >= 0.6 is 0 Å². The molecule has 114 valence electrons. The lowest BCUT2D eigenvalue weighted by atomic mass is 9.98. The van der Waals surface area contributed by atoms with Gasteiger partial charge in [0.2, 0.25) is 0 Å². The quantitative estimate of drug-likeness (QED) is 0.849. The van der Waals surface area contributed by atoms with Gasteiger partial charge < -0.3 is 10.5 Å². The van der Waals surface area contributed by atoms with Crippen LogP contribution in [0.2, 0.25) is 0 Å². The summed E-state index contributed by atoms with van der Waals surface area (Å²) < 4.78 is 5.20. The number of rotatable bonds is 7. The van der Waals surface area contributed by atoms with Crippen LogP contribution in [-0.4, -0.2) is 37.7 Å². The lowest BCUT2D eigenvalue weighted by molar-refractivity contribution is 0.125. The zero-order chi connectivity index (χ0) is 15.2. The van der Waals surface area contributed by atoms with Gasteiger partial charge in [0.15, 0.2) is 0 Å². The highest BCUT2D eigenvalue weighted by atomic mass is 16.5. The maximum atomic E-state index is 6.49. The largest absolute Gasteiger partial charge is 0.383 e. The summed E-state index contributed by atoms with van der Waals surface area (Å²) in [5, 5.41) is 2.50. The third-order valence-corrected chi connectivity index (χ3v) is 3.97. The second-order valence-corrected chi connectivity index (χ2v) is 5.76. The Kier molecular flexibility index (Phi) is 5.74. The van der Waals surface area contributed by atoms with Crippen molar-refractivity contribution in [3.8, 4) is 0 Å². The normalized spacial score (nSPS) is 13.2. The molecule has 2 N–H and O–H groups in total. The number of methoxy groups -OCH3 is 1. The Hall–Kier alpha value is -1.42. The molecule has 3 nitrogen and oxygen atoms in total. The molecule has 0 fully saturated rings. The van der Waals surface area contributed by atoms with Crippen LogP contribution in [0.5, 0.6) is 0 Å². The minimum absolute atomic E-state index is 0.00959. The van der Waals surface area contributed by atoms with Crippen LogP contribution in [0.15, 0.2) is 42.5 Å². The molecule has 21 heavy (non-hydrogen) atoms. The van der Waals surface area contributed by atoms with Crippen molar-refractivity contribution in [1.29, 1.82) is 0 Å². The first-order valence-electron chi connectivity index (χ1n) is 7.59. The van der Waals surface area contributed by atoms with E-state index in [1.165, 1.54) is 16.3 Å². The van der Waals surface area contributed by atoms with Gasteiger partial charge in [-0.3, -0.25) is 4.90 Å². The highest BCUT2D eigenvalue weighted by Gasteiger charge is 2.16. The Morgan fingerprint density at radius 3 is 2.52 bits per heavy atom. The molecule has 2 aromatic rings. The molecule has 1 atom stereocenters. The summed E-state index contributed by atoms with van der Waals surface area (Å²) in [6.07, 6.45) is 0. The van der Waals surface area contributed by atoms with Crippen LogP contribution in [0.4, 0.5) is 0 Å². The van der Waals surface area contributed by atoms with Crippen molar-refractivity contribution in [2.24, 2.45) is 5.73 Å². The maximum absolute atomic E-state index is 6.49. The van der Waals surface area contributed by atoms with Crippen LogP contribution in [0.3, 0.4) is 0 Å². The van der Waals surface area contributed by atoms with Gasteiger partial charge in [0.05, 0.1) is 6.61 Å². The molecule has 0 aliphatic rings. The monoisotopic (exact) mass is 286 g/mol. The van der Waals surface area contributed by atoms with Crippen LogP contribution in [-0.2, 0) is 4.74 Å². The molecular formula is C18H26N2O. The summed E-state index contributed by atoms with van der Waals surface area (Å²) in [4.78, 5) is 2.37. The summed E-state index contributed by atoms with van der Waals surface area (Å²) >= 11 is 0. The van der Waals surface area contributed by atoms with Gasteiger partial charge in [-0.25, -0.2) is 0 Å². The Labute approximate surface area is 127 Å². The molecule has 1 unspecified atom stereocenters. The van der Waals surface area contributed by atoms with E-state index in [2.05, 4.69) is 61.2 Å². The van der Waals surface area contributed by atoms with Gasteiger partial charge in [0, 0.05) is 32.3 Å². The SMILES string of the molecule is COCCN(CC(N)c1cccc2ccccc12)C(C)C. The van der Waals surface area contributed by atoms with E-state index in [1.807, 2.05) is 0 Å². The molecule has 2 rings (SSSR count). The molecule has 0 bridgehead atoms. The summed E-state index contributed by atoms with van der Waals surface area (Å²) in [5.74, 6) is 0. The molecule has 0 aromatic heterocycles. The molecule has 0 aliphatic carbocycles. The van der Waals surface area contributed by atoms with E-state index in [4.69, 9.17) is 10.5 Å². The Bertz CT molecular complexity index is 563. The molecule has 0 saturated heterocycles. The zero-order valence-corrected chi connectivity index (χ0v) is 13.3. The topological polar surface area (TPSA) is 38.5 Å². The Morgan fingerprint density at radius 1 is 1.10 bits per heavy atom. The van der Waals surface area contributed by atoms with Crippen molar-refractivity contribution in [2.45, 2.75) is 25.9 Å². The van der Waals surface area contributed by atoms with E-state index in [9.17, 15) is 0 Å². The van der Waals surface area contributed by atoms with Crippen LogP contribution in [0.1, 0.15) is 25.5 Å². The number of nitrogens with zero attached hydrogens (tertiary/aromatic N) is 1. The van der Waals surface area contributed by atoms with E-state index in [0.717, 1.165) is 19.7 Å². The standard InChI is InChI=1S/C18H26N2O/c1-14(2)20(11-12-21-3)13-18(19)17-10-6-8-15-7-4-5-9-16(15)17/h4-10,14,18H,11-13,19H2,1-3H3. The van der Waals surface area contributed by atoms with E-state index in [1.54, 1.807) is 7.11 Å². The van der Waals surface area contributed by atoms with Crippen molar-refractivity contribution in [3.05, 3.63) is 48.0 Å². The van der Waals surface area contributed by atoms with Gasteiger partial charge >= 0.3 is 0 Å². The van der Waals surface area contributed by atoms with Crippen molar-refractivity contribution in [1.82, 2.24) is 4.90 Å². The number of ether oxygens (including phenoxy) is 1. The van der Waals surface area contributed by atoms with Gasteiger partial charge in [-0.05, 0) is 30.2 Å². The van der Waals surface area contributed by atoms with Crippen molar-refractivity contribution in [2.75, 3.05) is 26.8 Å². The van der Waals surface area contributed by atoms with Gasteiger partial charge in [-0.1, -0.05) is 42.5 Å². The third-order valence-electron chi connectivity index (χ3n) is 3.97. The number of hydrogen-bond acceptors (Lipinski definition) is 3. The van der Waals surface area contributed by atoms with Gasteiger partial charge in [0.25, 0.3) is 0 Å². The highest BCUT2D eigenvalue weighted by Crippen LogP contribution is 2.24. The van der Waals surface area contributed by atoms with E-state index in [0.29, 0.717) is 6.04 Å². The number of nitrogens with two attached hydrogens (primary N) is 1. The third kappa shape index (κ3) is 4.03. The Morgan fingerprint density at radius 2 is 1.81 bits per heavy atom. The van der Waals surface area contributed by atoms with Gasteiger partial charge in [-0.15, -0.1) is 0 Å². The van der Waals surface area contributed by atoms with Crippen molar-refractivity contribution >= 4 is 10.8 Å². The fourth-order valence-electron chi connectivity index (χ4n) is 2.69. The fourth-order valence-corrected chi connectivity index (χ4v) is 2.69. The smallest absolute Gasteiger partial charge is 0.0589 e. The second kappa shape index (κ2) is 7.55. The molecular weight excluding hydrogens is 260 g/mol. The van der Waals surface area contributed by atoms with E-state index < -0.39 is 0 Å². The summed E-state index contributed by atoms with van der Waals surface area (Å²) in [7, 11) is 1.74.